The Labute approximate surface area is 180 Å². The zero-order valence-corrected chi connectivity index (χ0v) is 17.7. The average Bonchev–Trinajstić information content (AvgIpc) is 2.70. The van der Waals surface area contributed by atoms with Crippen LogP contribution in [0.3, 0.4) is 0 Å². The predicted molar refractivity (Wildman–Crippen MR) is 112 cm³/mol. The van der Waals surface area contributed by atoms with Crippen LogP contribution in [0.15, 0.2) is 48.5 Å². The highest BCUT2D eigenvalue weighted by Gasteiger charge is 2.16. The molecule has 0 aromatic heterocycles. The molecule has 0 radical (unpaired) electrons. The van der Waals surface area contributed by atoms with Gasteiger partial charge in [-0.05, 0) is 50.6 Å². The van der Waals surface area contributed by atoms with Crippen molar-refractivity contribution in [2.75, 3.05) is 6.54 Å². The highest BCUT2D eigenvalue weighted by Crippen LogP contribution is 2.19. The summed E-state index contributed by atoms with van der Waals surface area (Å²) in [4.78, 5) is 35.9. The second-order valence-electron chi connectivity index (χ2n) is 7.59. The third-order valence-electron chi connectivity index (χ3n) is 3.78. The number of amides is 3. The van der Waals surface area contributed by atoms with Crippen LogP contribution < -0.4 is 20.9 Å². The van der Waals surface area contributed by atoms with Gasteiger partial charge in [0.1, 0.15) is 23.8 Å². The molecule has 8 nitrogen and oxygen atoms in total. The molecule has 0 heterocycles. The Balaban J connectivity index is 1.80. The second kappa shape index (κ2) is 11.0. The van der Waals surface area contributed by atoms with Crippen LogP contribution >= 0.6 is 0 Å². The van der Waals surface area contributed by atoms with E-state index in [0.29, 0.717) is 5.75 Å². The molecule has 0 aliphatic carbocycles. The molecule has 2 rings (SSSR count). The number of carbonyl (C=O) groups is 3. The van der Waals surface area contributed by atoms with Gasteiger partial charge in [0.05, 0.1) is 5.56 Å². The Kier molecular flexibility index (Phi) is 8.36. The molecule has 2 aromatic rings. The Hall–Kier alpha value is -3.62. The van der Waals surface area contributed by atoms with Gasteiger partial charge in [-0.25, -0.2) is 9.18 Å². The number of benzene rings is 2. The van der Waals surface area contributed by atoms with Gasteiger partial charge >= 0.3 is 6.09 Å². The normalized spacial score (nSPS) is 10.7. The number of hydrogen-bond acceptors (Lipinski definition) is 5. The van der Waals surface area contributed by atoms with E-state index in [2.05, 4.69) is 16.2 Å². The Bertz CT molecular complexity index is 910. The molecule has 0 fully saturated rings. The summed E-state index contributed by atoms with van der Waals surface area (Å²) in [7, 11) is 0. The lowest BCUT2D eigenvalue weighted by Gasteiger charge is -2.19. The first-order chi connectivity index (χ1) is 14.6. The molecule has 0 saturated heterocycles. The number of hydrazine groups is 1. The number of carbonyl (C=O) groups excluding carboxylic acids is 3. The van der Waals surface area contributed by atoms with E-state index in [0.717, 1.165) is 5.56 Å². The van der Waals surface area contributed by atoms with Gasteiger partial charge in [-0.1, -0.05) is 24.3 Å². The fourth-order valence-electron chi connectivity index (χ4n) is 2.37. The maximum atomic E-state index is 13.0. The van der Waals surface area contributed by atoms with Gasteiger partial charge in [-0.2, -0.15) is 0 Å². The summed E-state index contributed by atoms with van der Waals surface area (Å²) in [6.45, 7) is 5.39. The standard InChI is InChI=1S/C22H26FN3O5/c1-22(2,3)31-21(29)24-13-12-19(27)25-26-20(28)17-6-4-5-7-18(17)30-14-15-8-10-16(23)11-9-15/h4-11H,12-14H2,1-3H3,(H,24,29)(H,25,27)(H,26,28). The number of para-hydroxylation sites is 1. The number of halogens is 1. The minimum atomic E-state index is -0.632. The van der Waals surface area contributed by atoms with Gasteiger partial charge in [0, 0.05) is 13.0 Å². The number of alkyl carbamates (subject to hydrolysis) is 1. The molecular weight excluding hydrogens is 405 g/mol. The number of ether oxygens (including phenoxy) is 2. The van der Waals surface area contributed by atoms with Crippen LogP contribution in [-0.2, 0) is 16.1 Å². The summed E-state index contributed by atoms with van der Waals surface area (Å²) >= 11 is 0. The monoisotopic (exact) mass is 431 g/mol. The molecule has 0 bridgehead atoms. The van der Waals surface area contributed by atoms with Gasteiger partial charge in [0.2, 0.25) is 5.91 Å². The summed E-state index contributed by atoms with van der Waals surface area (Å²) in [5, 5.41) is 2.46. The highest BCUT2D eigenvalue weighted by molar-refractivity contribution is 5.97. The molecule has 2 aromatic carbocycles. The van der Waals surface area contributed by atoms with Crippen molar-refractivity contribution in [3.63, 3.8) is 0 Å². The lowest BCUT2D eigenvalue weighted by atomic mass is 10.2. The van der Waals surface area contributed by atoms with Crippen molar-refractivity contribution in [1.29, 1.82) is 0 Å². The predicted octanol–water partition coefficient (Wildman–Crippen LogP) is 3.08. The molecule has 166 valence electrons. The second-order valence-corrected chi connectivity index (χ2v) is 7.59. The van der Waals surface area contributed by atoms with Crippen molar-refractivity contribution < 1.29 is 28.2 Å². The first-order valence-corrected chi connectivity index (χ1v) is 9.66. The van der Waals surface area contributed by atoms with Crippen molar-refractivity contribution in [2.24, 2.45) is 0 Å². The minimum absolute atomic E-state index is 0.0496. The smallest absolute Gasteiger partial charge is 0.407 e. The lowest BCUT2D eigenvalue weighted by Crippen LogP contribution is -2.43. The van der Waals surface area contributed by atoms with Crippen LogP contribution in [0.1, 0.15) is 43.1 Å². The number of rotatable bonds is 7. The van der Waals surface area contributed by atoms with E-state index in [-0.39, 0.29) is 31.0 Å². The maximum absolute atomic E-state index is 13.0. The molecule has 0 spiro atoms. The van der Waals surface area contributed by atoms with Crippen molar-refractivity contribution in [3.8, 4) is 5.75 Å². The van der Waals surface area contributed by atoms with Gasteiger partial charge in [0.25, 0.3) is 5.91 Å². The van der Waals surface area contributed by atoms with Crippen LogP contribution in [0.4, 0.5) is 9.18 Å². The zero-order chi connectivity index (χ0) is 22.9. The van der Waals surface area contributed by atoms with Crippen molar-refractivity contribution in [2.45, 2.75) is 39.4 Å². The molecule has 3 amide bonds. The van der Waals surface area contributed by atoms with E-state index in [9.17, 15) is 18.8 Å². The van der Waals surface area contributed by atoms with E-state index in [1.165, 1.54) is 12.1 Å². The molecule has 3 N–H and O–H groups in total. The van der Waals surface area contributed by atoms with Gasteiger partial charge in [-0.15, -0.1) is 0 Å². The first kappa shape index (κ1) is 23.7. The first-order valence-electron chi connectivity index (χ1n) is 9.66. The number of hydrogen-bond donors (Lipinski definition) is 3. The van der Waals surface area contributed by atoms with Crippen LogP contribution in [0.2, 0.25) is 0 Å². The Morgan fingerprint density at radius 1 is 0.968 bits per heavy atom. The Morgan fingerprint density at radius 3 is 2.32 bits per heavy atom. The average molecular weight is 431 g/mol. The van der Waals surface area contributed by atoms with Gasteiger partial charge in [-0.3, -0.25) is 20.4 Å². The molecule has 31 heavy (non-hydrogen) atoms. The molecular formula is C22H26FN3O5. The summed E-state index contributed by atoms with van der Waals surface area (Å²) in [5.74, 6) is -1.09. The fraction of sp³-hybridized carbons (Fsp3) is 0.318. The number of nitrogens with one attached hydrogen (secondary N) is 3. The van der Waals surface area contributed by atoms with Crippen molar-refractivity contribution in [3.05, 3.63) is 65.5 Å². The summed E-state index contributed by atoms with van der Waals surface area (Å²) in [5.41, 5.74) is 4.92. The fourth-order valence-corrected chi connectivity index (χ4v) is 2.37. The van der Waals surface area contributed by atoms with Crippen LogP contribution in [0.25, 0.3) is 0 Å². The van der Waals surface area contributed by atoms with Gasteiger partial charge in [0.15, 0.2) is 0 Å². The van der Waals surface area contributed by atoms with E-state index >= 15 is 0 Å². The third kappa shape index (κ3) is 8.73. The molecule has 0 saturated carbocycles. The Morgan fingerprint density at radius 2 is 1.65 bits per heavy atom. The van der Waals surface area contributed by atoms with Gasteiger partial charge < -0.3 is 14.8 Å². The van der Waals surface area contributed by atoms with E-state index in [4.69, 9.17) is 9.47 Å². The summed E-state index contributed by atoms with van der Waals surface area (Å²) in [6, 6.07) is 12.3. The zero-order valence-electron chi connectivity index (χ0n) is 17.7. The molecule has 0 aliphatic rings. The minimum Gasteiger partial charge on any atom is -0.488 e. The summed E-state index contributed by atoms with van der Waals surface area (Å²) < 4.78 is 23.7. The quantitative estimate of drug-likeness (QED) is 0.585. The van der Waals surface area contributed by atoms with E-state index in [1.807, 2.05) is 0 Å². The molecule has 9 heteroatoms. The van der Waals surface area contributed by atoms with Crippen LogP contribution in [0.5, 0.6) is 5.75 Å². The lowest BCUT2D eigenvalue weighted by molar-refractivity contribution is -0.121. The van der Waals surface area contributed by atoms with Crippen LogP contribution in [-0.4, -0.2) is 30.1 Å². The SMILES string of the molecule is CC(C)(C)OC(=O)NCCC(=O)NNC(=O)c1ccccc1OCc1ccc(F)cc1. The summed E-state index contributed by atoms with van der Waals surface area (Å²) in [6.07, 6.45) is -0.682. The van der Waals surface area contributed by atoms with E-state index in [1.54, 1.807) is 57.2 Å². The topological polar surface area (TPSA) is 106 Å². The van der Waals surface area contributed by atoms with Crippen LogP contribution in [0, 0.1) is 5.82 Å². The highest BCUT2D eigenvalue weighted by atomic mass is 19.1. The van der Waals surface area contributed by atoms with Crippen molar-refractivity contribution >= 4 is 17.9 Å². The van der Waals surface area contributed by atoms with Crippen molar-refractivity contribution in [1.82, 2.24) is 16.2 Å². The third-order valence-corrected chi connectivity index (χ3v) is 3.78. The molecule has 0 unspecified atom stereocenters. The largest absolute Gasteiger partial charge is 0.488 e. The van der Waals surface area contributed by atoms with E-state index < -0.39 is 23.5 Å². The molecule has 0 aliphatic heterocycles. The molecule has 0 atom stereocenters. The maximum Gasteiger partial charge on any atom is 0.407 e.